The summed E-state index contributed by atoms with van der Waals surface area (Å²) in [6.45, 7) is 0.448. The predicted molar refractivity (Wildman–Crippen MR) is 90.9 cm³/mol. The van der Waals surface area contributed by atoms with E-state index in [1.807, 2.05) is 30.3 Å². The fraction of sp³-hybridized carbons (Fsp3) is 0.111. The number of pyridine rings is 1. The van der Waals surface area contributed by atoms with Crippen molar-refractivity contribution in [3.8, 4) is 5.75 Å². The zero-order valence-corrected chi connectivity index (χ0v) is 13.3. The second-order valence-corrected chi connectivity index (χ2v) is 5.49. The number of ether oxygens (including phenoxy) is 1. The van der Waals surface area contributed by atoms with E-state index in [2.05, 4.69) is 16.4 Å². The number of nitrogens with zero attached hydrogens (tertiary/aromatic N) is 1. The molecule has 116 valence electrons. The van der Waals surface area contributed by atoms with Crippen LogP contribution in [0.2, 0.25) is 5.15 Å². The minimum atomic E-state index is -0.177. The van der Waals surface area contributed by atoms with E-state index in [-0.39, 0.29) is 5.91 Å². The first-order chi connectivity index (χ1) is 11.2. The minimum Gasteiger partial charge on any atom is -0.497 e. The topological polar surface area (TPSA) is 51.2 Å². The standard InChI is InChI=1S/C18H15ClN2O2/c1-23-16-6-4-13-8-12(2-3-14(13)9-16)10-21-18(22)15-5-7-17(19)20-11-15/h2-9,11H,10H2,1H3,(H,21,22). The number of aromatic nitrogens is 1. The van der Waals surface area contributed by atoms with E-state index in [1.165, 1.54) is 6.20 Å². The van der Waals surface area contributed by atoms with Gasteiger partial charge in [0.15, 0.2) is 0 Å². The Balaban J connectivity index is 1.71. The summed E-state index contributed by atoms with van der Waals surface area (Å²) in [4.78, 5) is 16.0. The molecule has 0 atom stereocenters. The summed E-state index contributed by atoms with van der Waals surface area (Å²) in [5.74, 6) is 0.651. The molecule has 0 aliphatic carbocycles. The molecular formula is C18H15ClN2O2. The first-order valence-corrected chi connectivity index (χ1v) is 7.50. The van der Waals surface area contributed by atoms with Crippen LogP contribution in [-0.2, 0) is 6.54 Å². The predicted octanol–water partition coefficient (Wildman–Crippen LogP) is 3.83. The summed E-state index contributed by atoms with van der Waals surface area (Å²) >= 11 is 5.71. The van der Waals surface area contributed by atoms with Crippen LogP contribution in [-0.4, -0.2) is 18.0 Å². The summed E-state index contributed by atoms with van der Waals surface area (Å²) in [5.41, 5.74) is 1.51. The summed E-state index contributed by atoms with van der Waals surface area (Å²) < 4.78 is 5.22. The molecule has 0 bridgehead atoms. The molecule has 1 aromatic heterocycles. The summed E-state index contributed by atoms with van der Waals surface area (Å²) in [5, 5.41) is 5.44. The average Bonchev–Trinajstić information content (AvgIpc) is 2.59. The van der Waals surface area contributed by atoms with E-state index in [4.69, 9.17) is 16.3 Å². The van der Waals surface area contributed by atoms with Crippen molar-refractivity contribution in [1.82, 2.24) is 10.3 Å². The fourth-order valence-electron chi connectivity index (χ4n) is 2.30. The maximum Gasteiger partial charge on any atom is 0.253 e. The number of carbonyl (C=O) groups excluding carboxylic acids is 1. The number of methoxy groups -OCH3 is 1. The first-order valence-electron chi connectivity index (χ1n) is 7.12. The Kier molecular flexibility index (Phi) is 4.44. The highest BCUT2D eigenvalue weighted by Gasteiger charge is 2.06. The number of benzene rings is 2. The Bertz CT molecular complexity index is 847. The van der Waals surface area contributed by atoms with Gasteiger partial charge in [-0.05, 0) is 46.7 Å². The molecule has 3 rings (SSSR count). The molecule has 23 heavy (non-hydrogen) atoms. The quantitative estimate of drug-likeness (QED) is 0.741. The van der Waals surface area contributed by atoms with Crippen molar-refractivity contribution < 1.29 is 9.53 Å². The molecule has 0 fully saturated rings. The van der Waals surface area contributed by atoms with Gasteiger partial charge in [0.2, 0.25) is 0 Å². The van der Waals surface area contributed by atoms with Gasteiger partial charge in [-0.25, -0.2) is 4.98 Å². The number of rotatable bonds is 4. The Morgan fingerprint density at radius 1 is 1.13 bits per heavy atom. The van der Waals surface area contributed by atoms with E-state index in [1.54, 1.807) is 19.2 Å². The second-order valence-electron chi connectivity index (χ2n) is 5.10. The summed E-state index contributed by atoms with van der Waals surface area (Å²) in [6, 6.07) is 15.2. The van der Waals surface area contributed by atoms with Crippen LogP contribution >= 0.6 is 11.6 Å². The number of amides is 1. The maximum atomic E-state index is 12.1. The fourth-order valence-corrected chi connectivity index (χ4v) is 2.42. The van der Waals surface area contributed by atoms with Crippen LogP contribution in [0.5, 0.6) is 5.75 Å². The monoisotopic (exact) mass is 326 g/mol. The molecule has 0 radical (unpaired) electrons. The number of fused-ring (bicyclic) bond motifs is 1. The van der Waals surface area contributed by atoms with Crippen LogP contribution in [0.15, 0.2) is 54.7 Å². The van der Waals surface area contributed by atoms with Crippen LogP contribution in [0.1, 0.15) is 15.9 Å². The number of nitrogens with one attached hydrogen (secondary N) is 1. The molecule has 0 saturated carbocycles. The third kappa shape index (κ3) is 3.60. The van der Waals surface area contributed by atoms with Gasteiger partial charge in [-0.2, -0.15) is 0 Å². The second kappa shape index (κ2) is 6.67. The van der Waals surface area contributed by atoms with Crippen LogP contribution in [0, 0.1) is 0 Å². The number of carbonyl (C=O) groups is 1. The molecule has 1 N–H and O–H groups in total. The molecule has 5 heteroatoms. The lowest BCUT2D eigenvalue weighted by Gasteiger charge is -2.07. The third-order valence-corrected chi connectivity index (χ3v) is 3.78. The summed E-state index contributed by atoms with van der Waals surface area (Å²) in [7, 11) is 1.65. The Morgan fingerprint density at radius 2 is 1.91 bits per heavy atom. The van der Waals surface area contributed by atoms with Gasteiger partial charge in [0, 0.05) is 12.7 Å². The molecule has 1 amide bonds. The SMILES string of the molecule is COc1ccc2cc(CNC(=O)c3ccc(Cl)nc3)ccc2c1. The number of hydrogen-bond acceptors (Lipinski definition) is 3. The maximum absolute atomic E-state index is 12.1. The lowest BCUT2D eigenvalue weighted by atomic mass is 10.1. The minimum absolute atomic E-state index is 0.177. The first kappa shape index (κ1) is 15.3. The van der Waals surface area contributed by atoms with Crippen molar-refractivity contribution in [3.63, 3.8) is 0 Å². The smallest absolute Gasteiger partial charge is 0.253 e. The van der Waals surface area contributed by atoms with Gasteiger partial charge in [-0.1, -0.05) is 29.8 Å². The molecule has 0 unspecified atom stereocenters. The highest BCUT2D eigenvalue weighted by molar-refractivity contribution is 6.29. The van der Waals surface area contributed by atoms with Gasteiger partial charge in [0.05, 0.1) is 12.7 Å². The Labute approximate surface area is 139 Å². The van der Waals surface area contributed by atoms with Gasteiger partial charge < -0.3 is 10.1 Å². The number of hydrogen-bond donors (Lipinski definition) is 1. The Morgan fingerprint density at radius 3 is 2.65 bits per heavy atom. The van der Waals surface area contributed by atoms with Crippen LogP contribution in [0.4, 0.5) is 0 Å². The van der Waals surface area contributed by atoms with Gasteiger partial charge in [0.25, 0.3) is 5.91 Å². The van der Waals surface area contributed by atoms with Gasteiger partial charge in [-0.3, -0.25) is 4.79 Å². The molecule has 0 spiro atoms. The highest BCUT2D eigenvalue weighted by Crippen LogP contribution is 2.21. The van der Waals surface area contributed by atoms with Gasteiger partial charge >= 0.3 is 0 Å². The Hall–Kier alpha value is -2.59. The molecule has 0 aliphatic heterocycles. The van der Waals surface area contributed by atoms with Crippen molar-refractivity contribution in [3.05, 3.63) is 71.0 Å². The van der Waals surface area contributed by atoms with Crippen LogP contribution in [0.25, 0.3) is 10.8 Å². The normalized spacial score (nSPS) is 10.5. The van der Waals surface area contributed by atoms with Crippen LogP contribution < -0.4 is 10.1 Å². The average molecular weight is 327 g/mol. The molecule has 0 saturated heterocycles. The van der Waals surface area contributed by atoms with E-state index in [9.17, 15) is 4.79 Å². The van der Waals surface area contributed by atoms with E-state index in [0.29, 0.717) is 17.3 Å². The van der Waals surface area contributed by atoms with Gasteiger partial charge in [0.1, 0.15) is 10.9 Å². The third-order valence-electron chi connectivity index (χ3n) is 3.55. The van der Waals surface area contributed by atoms with E-state index >= 15 is 0 Å². The largest absolute Gasteiger partial charge is 0.497 e. The lowest BCUT2D eigenvalue weighted by molar-refractivity contribution is 0.0950. The van der Waals surface area contributed by atoms with Gasteiger partial charge in [-0.15, -0.1) is 0 Å². The molecule has 2 aromatic carbocycles. The molecule has 4 nitrogen and oxygen atoms in total. The number of halogens is 1. The summed E-state index contributed by atoms with van der Waals surface area (Å²) in [6.07, 6.45) is 1.46. The van der Waals surface area contributed by atoms with Crippen molar-refractivity contribution in [2.45, 2.75) is 6.54 Å². The van der Waals surface area contributed by atoms with Crippen molar-refractivity contribution in [2.24, 2.45) is 0 Å². The van der Waals surface area contributed by atoms with Crippen molar-refractivity contribution in [2.75, 3.05) is 7.11 Å². The van der Waals surface area contributed by atoms with Crippen molar-refractivity contribution in [1.29, 1.82) is 0 Å². The van der Waals surface area contributed by atoms with E-state index in [0.717, 1.165) is 22.1 Å². The molecule has 0 aliphatic rings. The van der Waals surface area contributed by atoms with Crippen LogP contribution in [0.3, 0.4) is 0 Å². The zero-order valence-electron chi connectivity index (χ0n) is 12.5. The zero-order chi connectivity index (χ0) is 16.2. The van der Waals surface area contributed by atoms with Crippen molar-refractivity contribution >= 4 is 28.3 Å². The lowest BCUT2D eigenvalue weighted by Crippen LogP contribution is -2.22. The highest BCUT2D eigenvalue weighted by atomic mass is 35.5. The molecule has 3 aromatic rings. The molecular weight excluding hydrogens is 312 g/mol. The van der Waals surface area contributed by atoms with E-state index < -0.39 is 0 Å². The molecule has 1 heterocycles.